The van der Waals surface area contributed by atoms with Crippen molar-refractivity contribution >= 4 is 22.7 Å². The number of hydrogen-bond acceptors (Lipinski definition) is 5. The number of benzene rings is 2. The Morgan fingerprint density at radius 3 is 2.14 bits per heavy atom. The number of nitrogens with one attached hydrogen (secondary N) is 3. The van der Waals surface area contributed by atoms with Gasteiger partial charge in [0.05, 0.1) is 26.8 Å². The number of halogens is 1. The summed E-state index contributed by atoms with van der Waals surface area (Å²) in [6, 6.07) is 8.13. The van der Waals surface area contributed by atoms with E-state index in [2.05, 4.69) is 15.8 Å². The highest BCUT2D eigenvalue weighted by Gasteiger charge is 2.20. The van der Waals surface area contributed by atoms with Gasteiger partial charge < -0.3 is 19.2 Å². The average Bonchev–Trinajstić information content (AvgIpc) is 3.16. The van der Waals surface area contributed by atoms with Gasteiger partial charge in [-0.05, 0) is 30.3 Å². The Morgan fingerprint density at radius 2 is 1.54 bits per heavy atom. The number of hydrogen-bond donors (Lipinski definition) is 3. The number of carbonyl (C=O) groups is 2. The lowest BCUT2D eigenvalue weighted by atomic mass is 10.2. The third-order valence-corrected chi connectivity index (χ3v) is 4.08. The van der Waals surface area contributed by atoms with Gasteiger partial charge in [-0.2, -0.15) is 0 Å². The molecular weight excluding hydrogens is 369 g/mol. The smallest absolute Gasteiger partial charge is 0.286 e. The first kappa shape index (κ1) is 19.0. The van der Waals surface area contributed by atoms with Crippen LogP contribution in [0.15, 0.2) is 36.4 Å². The molecule has 1 heterocycles. The van der Waals surface area contributed by atoms with Crippen LogP contribution in [-0.4, -0.2) is 38.1 Å². The van der Waals surface area contributed by atoms with Crippen LogP contribution in [0.1, 0.15) is 20.8 Å². The van der Waals surface area contributed by atoms with Crippen molar-refractivity contribution in [1.29, 1.82) is 0 Å². The van der Waals surface area contributed by atoms with Crippen LogP contribution >= 0.6 is 0 Å². The molecule has 0 radical (unpaired) electrons. The lowest BCUT2D eigenvalue weighted by Crippen LogP contribution is -2.41. The molecule has 28 heavy (non-hydrogen) atoms. The first-order chi connectivity index (χ1) is 13.5. The van der Waals surface area contributed by atoms with Crippen LogP contribution in [0, 0.1) is 5.82 Å². The van der Waals surface area contributed by atoms with Crippen LogP contribution in [0.25, 0.3) is 10.9 Å². The van der Waals surface area contributed by atoms with E-state index in [-0.39, 0.29) is 11.3 Å². The maximum absolute atomic E-state index is 12.9. The highest BCUT2D eigenvalue weighted by Crippen LogP contribution is 2.41. The molecule has 3 N–H and O–H groups in total. The van der Waals surface area contributed by atoms with E-state index in [0.29, 0.717) is 28.2 Å². The zero-order chi connectivity index (χ0) is 20.3. The summed E-state index contributed by atoms with van der Waals surface area (Å²) in [4.78, 5) is 27.4. The molecule has 8 nitrogen and oxygen atoms in total. The molecule has 1 aromatic heterocycles. The van der Waals surface area contributed by atoms with Gasteiger partial charge in [0.1, 0.15) is 17.3 Å². The highest BCUT2D eigenvalue weighted by molar-refractivity contribution is 6.03. The Morgan fingerprint density at radius 1 is 0.893 bits per heavy atom. The topological polar surface area (TPSA) is 102 Å². The molecule has 0 bridgehead atoms. The number of rotatable bonds is 5. The number of methoxy groups -OCH3 is 3. The van der Waals surface area contributed by atoms with Crippen LogP contribution in [0.5, 0.6) is 17.2 Å². The number of fused-ring (bicyclic) bond motifs is 1. The van der Waals surface area contributed by atoms with Gasteiger partial charge in [-0.25, -0.2) is 4.39 Å². The fourth-order valence-corrected chi connectivity index (χ4v) is 2.71. The van der Waals surface area contributed by atoms with E-state index in [0.717, 1.165) is 12.1 Å². The molecule has 3 aromatic rings. The minimum Gasteiger partial charge on any atom is -0.496 e. The zero-order valence-corrected chi connectivity index (χ0v) is 15.4. The number of hydrazine groups is 1. The van der Waals surface area contributed by atoms with Crippen LogP contribution in [-0.2, 0) is 0 Å². The summed E-state index contributed by atoms with van der Waals surface area (Å²) < 4.78 is 28.9. The van der Waals surface area contributed by atoms with Crippen molar-refractivity contribution in [3.8, 4) is 17.2 Å². The van der Waals surface area contributed by atoms with Crippen LogP contribution in [0.4, 0.5) is 4.39 Å². The summed E-state index contributed by atoms with van der Waals surface area (Å²) in [6.45, 7) is 0. The Kier molecular flexibility index (Phi) is 5.35. The number of aromatic nitrogens is 1. The molecule has 3 rings (SSSR count). The van der Waals surface area contributed by atoms with Crippen molar-refractivity contribution in [1.82, 2.24) is 15.8 Å². The Bertz CT molecular complexity index is 1030. The first-order valence-electron chi connectivity index (χ1n) is 8.16. The first-order valence-corrected chi connectivity index (χ1v) is 8.16. The van der Waals surface area contributed by atoms with Gasteiger partial charge in [0, 0.05) is 17.0 Å². The molecule has 0 atom stereocenters. The third-order valence-electron chi connectivity index (χ3n) is 4.08. The largest absolute Gasteiger partial charge is 0.496 e. The second-order valence-corrected chi connectivity index (χ2v) is 5.70. The monoisotopic (exact) mass is 387 g/mol. The van der Waals surface area contributed by atoms with Crippen LogP contribution in [0.3, 0.4) is 0 Å². The van der Waals surface area contributed by atoms with Crippen molar-refractivity contribution in [2.24, 2.45) is 0 Å². The molecular formula is C19H18FN3O5. The van der Waals surface area contributed by atoms with E-state index in [1.165, 1.54) is 33.5 Å². The van der Waals surface area contributed by atoms with Gasteiger partial charge in [0.25, 0.3) is 11.8 Å². The van der Waals surface area contributed by atoms with Crippen LogP contribution in [0.2, 0.25) is 0 Å². The minimum atomic E-state index is -0.588. The number of amides is 2. The van der Waals surface area contributed by atoms with Gasteiger partial charge >= 0.3 is 0 Å². The van der Waals surface area contributed by atoms with E-state index in [9.17, 15) is 14.0 Å². The summed E-state index contributed by atoms with van der Waals surface area (Å²) in [6.07, 6.45) is 0. The minimum absolute atomic E-state index is 0.166. The predicted octanol–water partition coefficient (Wildman–Crippen LogP) is 2.41. The summed E-state index contributed by atoms with van der Waals surface area (Å²) >= 11 is 0. The summed E-state index contributed by atoms with van der Waals surface area (Å²) in [7, 11) is 4.47. The van der Waals surface area contributed by atoms with Gasteiger partial charge in [-0.1, -0.05) is 0 Å². The highest BCUT2D eigenvalue weighted by atomic mass is 19.1. The van der Waals surface area contributed by atoms with Crippen molar-refractivity contribution in [2.75, 3.05) is 21.3 Å². The van der Waals surface area contributed by atoms with E-state index in [1.54, 1.807) is 12.1 Å². The van der Waals surface area contributed by atoms with Crippen molar-refractivity contribution in [3.05, 3.63) is 53.5 Å². The molecule has 0 spiro atoms. The maximum Gasteiger partial charge on any atom is 0.286 e. The Hall–Kier alpha value is -3.75. The normalized spacial score (nSPS) is 10.4. The summed E-state index contributed by atoms with van der Waals surface area (Å²) in [5.74, 6) is -0.302. The molecule has 2 aromatic carbocycles. The molecule has 0 aliphatic rings. The Labute approximate surface area is 159 Å². The molecule has 0 aliphatic carbocycles. The van der Waals surface area contributed by atoms with Crippen molar-refractivity contribution in [2.45, 2.75) is 0 Å². The molecule has 146 valence electrons. The van der Waals surface area contributed by atoms with Gasteiger partial charge in [0.2, 0.25) is 0 Å². The number of aromatic amines is 1. The van der Waals surface area contributed by atoms with Crippen molar-refractivity contribution < 1.29 is 28.2 Å². The maximum atomic E-state index is 12.9. The van der Waals surface area contributed by atoms with E-state index < -0.39 is 17.6 Å². The molecule has 0 unspecified atom stereocenters. The fraction of sp³-hybridized carbons (Fsp3) is 0.158. The lowest BCUT2D eigenvalue weighted by Gasteiger charge is -2.11. The second kappa shape index (κ2) is 7.87. The van der Waals surface area contributed by atoms with Gasteiger partial charge in [-0.15, -0.1) is 0 Å². The molecule has 0 saturated carbocycles. The number of carbonyl (C=O) groups excluding carboxylic acids is 2. The number of H-pyrrole nitrogens is 1. The lowest BCUT2D eigenvalue weighted by molar-refractivity contribution is 0.0844. The van der Waals surface area contributed by atoms with E-state index >= 15 is 0 Å². The average molecular weight is 387 g/mol. The van der Waals surface area contributed by atoms with Crippen molar-refractivity contribution in [3.63, 3.8) is 0 Å². The molecule has 9 heteroatoms. The standard InChI is InChI=1S/C19H18FN3O5/c1-26-14-9-15(27-2)17(28-3)16-12(14)8-13(21-16)19(25)23-22-18(24)10-4-6-11(20)7-5-10/h4-9,21H,1-3H3,(H,22,24)(H,23,25). The zero-order valence-electron chi connectivity index (χ0n) is 15.4. The molecule has 0 saturated heterocycles. The molecule has 2 amide bonds. The third kappa shape index (κ3) is 3.54. The predicted molar refractivity (Wildman–Crippen MR) is 99.3 cm³/mol. The quantitative estimate of drug-likeness (QED) is 0.584. The molecule has 0 aliphatic heterocycles. The van der Waals surface area contributed by atoms with E-state index in [1.807, 2.05) is 0 Å². The molecule has 0 fully saturated rings. The summed E-state index contributed by atoms with van der Waals surface area (Å²) in [5.41, 5.74) is 5.45. The second-order valence-electron chi connectivity index (χ2n) is 5.70. The van der Waals surface area contributed by atoms with Gasteiger partial charge in [-0.3, -0.25) is 20.4 Å². The SMILES string of the molecule is COc1cc(OC)c2cc(C(=O)NNC(=O)c3ccc(F)cc3)[nH]c2c1OC. The number of ether oxygens (including phenoxy) is 3. The van der Waals surface area contributed by atoms with E-state index in [4.69, 9.17) is 14.2 Å². The summed E-state index contributed by atoms with van der Waals surface area (Å²) in [5, 5.41) is 0.607. The van der Waals surface area contributed by atoms with Crippen LogP contribution < -0.4 is 25.1 Å². The fourth-order valence-electron chi connectivity index (χ4n) is 2.71. The Balaban J connectivity index is 1.83. The van der Waals surface area contributed by atoms with Gasteiger partial charge in [0.15, 0.2) is 11.5 Å².